The fourth-order valence-corrected chi connectivity index (χ4v) is 2.37. The number of rotatable bonds is 2. The second kappa shape index (κ2) is 8.25. The van der Waals surface area contributed by atoms with Crippen LogP contribution < -0.4 is 21.5 Å². The van der Waals surface area contributed by atoms with Crippen LogP contribution in [0.3, 0.4) is 0 Å². The highest BCUT2D eigenvalue weighted by Gasteiger charge is 2.13. The lowest BCUT2D eigenvalue weighted by molar-refractivity contribution is -0.136. The normalized spacial score (nSPS) is 9.88. The van der Waals surface area contributed by atoms with E-state index in [-0.39, 0.29) is 5.11 Å². The molecule has 0 aliphatic carbocycles. The highest BCUT2D eigenvalue weighted by atomic mass is 32.1. The molecule has 2 aromatic rings. The van der Waals surface area contributed by atoms with Crippen LogP contribution in [0.5, 0.6) is 0 Å². The Balaban J connectivity index is 1.83. The van der Waals surface area contributed by atoms with E-state index in [4.69, 9.17) is 12.2 Å². The number of carbonyl (C=O) groups is 2. The zero-order chi connectivity index (χ0) is 18.4. The number of hydrogen-bond acceptors (Lipinski definition) is 3. The molecule has 0 unspecified atom stereocenters. The van der Waals surface area contributed by atoms with Gasteiger partial charge in [0.1, 0.15) is 0 Å². The van der Waals surface area contributed by atoms with Gasteiger partial charge in [-0.25, -0.2) is 0 Å². The summed E-state index contributed by atoms with van der Waals surface area (Å²) in [4.78, 5) is 23.6. The fraction of sp³-hybridized carbons (Fsp3) is 0.167. The second-order valence-electron chi connectivity index (χ2n) is 5.73. The van der Waals surface area contributed by atoms with Crippen molar-refractivity contribution in [3.05, 3.63) is 59.2 Å². The lowest BCUT2D eigenvalue weighted by Crippen LogP contribution is -2.48. The molecule has 0 fully saturated rings. The van der Waals surface area contributed by atoms with Crippen molar-refractivity contribution in [2.45, 2.75) is 20.8 Å². The Morgan fingerprint density at radius 3 is 1.92 bits per heavy atom. The summed E-state index contributed by atoms with van der Waals surface area (Å²) in [5.74, 6) is -1.63. The van der Waals surface area contributed by atoms with Crippen molar-refractivity contribution in [3.8, 4) is 0 Å². The lowest BCUT2D eigenvalue weighted by atomic mass is 10.1. The second-order valence-corrected chi connectivity index (χ2v) is 6.14. The van der Waals surface area contributed by atoms with E-state index in [9.17, 15) is 9.59 Å². The minimum absolute atomic E-state index is 0.182. The Morgan fingerprint density at radius 2 is 1.32 bits per heavy atom. The van der Waals surface area contributed by atoms with Gasteiger partial charge in [0.25, 0.3) is 0 Å². The molecule has 130 valence electrons. The summed E-state index contributed by atoms with van der Waals surface area (Å²) in [5.41, 5.74) is 9.35. The fourth-order valence-electron chi connectivity index (χ4n) is 2.20. The molecule has 4 N–H and O–H groups in total. The number of anilines is 2. The molecule has 2 amide bonds. The van der Waals surface area contributed by atoms with Crippen molar-refractivity contribution in [1.29, 1.82) is 0 Å². The summed E-state index contributed by atoms with van der Waals surface area (Å²) in [6.07, 6.45) is 0. The van der Waals surface area contributed by atoms with Crippen molar-refractivity contribution in [2.75, 3.05) is 10.6 Å². The van der Waals surface area contributed by atoms with Gasteiger partial charge in [-0.1, -0.05) is 23.8 Å². The van der Waals surface area contributed by atoms with Crippen LogP contribution in [0.2, 0.25) is 0 Å². The van der Waals surface area contributed by atoms with Crippen molar-refractivity contribution >= 4 is 40.5 Å². The number of carbonyl (C=O) groups excluding carboxylic acids is 2. The van der Waals surface area contributed by atoms with Gasteiger partial charge in [0.2, 0.25) is 0 Å². The Bertz CT molecular complexity index is 783. The summed E-state index contributed by atoms with van der Waals surface area (Å²) in [7, 11) is 0. The third-order valence-electron chi connectivity index (χ3n) is 3.28. The number of nitrogens with one attached hydrogen (secondary N) is 4. The molecular formula is C18H20N4O2S. The summed E-state index contributed by atoms with van der Waals surface area (Å²) < 4.78 is 0. The molecule has 0 aliphatic rings. The molecule has 0 saturated carbocycles. The summed E-state index contributed by atoms with van der Waals surface area (Å²) in [5, 5.41) is 5.63. The molecule has 0 bridgehead atoms. The first-order valence-corrected chi connectivity index (χ1v) is 8.07. The van der Waals surface area contributed by atoms with Gasteiger partial charge in [-0.2, -0.15) is 0 Å². The number of hydrazine groups is 1. The predicted octanol–water partition coefficient (Wildman–Crippen LogP) is 2.57. The van der Waals surface area contributed by atoms with Crippen molar-refractivity contribution in [2.24, 2.45) is 0 Å². The van der Waals surface area contributed by atoms with Gasteiger partial charge in [0.15, 0.2) is 5.11 Å². The van der Waals surface area contributed by atoms with E-state index in [0.29, 0.717) is 5.69 Å². The molecule has 0 aromatic heterocycles. The number of benzene rings is 2. The predicted molar refractivity (Wildman–Crippen MR) is 103 cm³/mol. The Kier molecular flexibility index (Phi) is 6.08. The van der Waals surface area contributed by atoms with Crippen LogP contribution in [0.15, 0.2) is 42.5 Å². The van der Waals surface area contributed by atoms with Crippen LogP contribution in [-0.2, 0) is 9.59 Å². The van der Waals surface area contributed by atoms with E-state index in [0.717, 1.165) is 22.4 Å². The molecule has 0 heterocycles. The quantitative estimate of drug-likeness (QED) is 0.378. The average Bonchev–Trinajstić information content (AvgIpc) is 2.53. The van der Waals surface area contributed by atoms with E-state index in [1.807, 2.05) is 51.1 Å². The van der Waals surface area contributed by atoms with Gasteiger partial charge in [0, 0.05) is 11.4 Å². The van der Waals surface area contributed by atoms with Crippen molar-refractivity contribution in [1.82, 2.24) is 10.9 Å². The minimum atomic E-state index is -0.842. The number of thiocarbonyl (C=S) groups is 1. The van der Waals surface area contributed by atoms with Crippen LogP contribution in [0.4, 0.5) is 11.4 Å². The number of hydrogen-bond donors (Lipinski definition) is 4. The topological polar surface area (TPSA) is 82.3 Å². The van der Waals surface area contributed by atoms with Crippen LogP contribution in [0, 0.1) is 20.8 Å². The van der Waals surface area contributed by atoms with Crippen molar-refractivity contribution in [3.63, 3.8) is 0 Å². The molecule has 0 atom stereocenters. The number of amides is 2. The summed E-state index contributed by atoms with van der Waals surface area (Å²) >= 11 is 5.10. The molecule has 25 heavy (non-hydrogen) atoms. The zero-order valence-electron chi connectivity index (χ0n) is 14.3. The first-order valence-electron chi connectivity index (χ1n) is 7.67. The Labute approximate surface area is 152 Å². The molecule has 0 aliphatic heterocycles. The molecule has 7 heteroatoms. The standard InChI is InChI=1S/C18H20N4O2S/c1-11-4-6-14(7-5-11)19-16(23)17(24)21-22-18(25)20-15-9-12(2)8-13(3)10-15/h4-10H,1-3H3,(H,19,23)(H,21,24)(H2,20,22,25). The third-order valence-corrected chi connectivity index (χ3v) is 3.49. The average molecular weight is 356 g/mol. The van der Waals surface area contributed by atoms with E-state index in [1.54, 1.807) is 12.1 Å². The smallest absolute Gasteiger partial charge is 0.328 e. The van der Waals surface area contributed by atoms with Crippen LogP contribution in [0.25, 0.3) is 0 Å². The number of aryl methyl sites for hydroxylation is 3. The third kappa shape index (κ3) is 5.89. The highest BCUT2D eigenvalue weighted by molar-refractivity contribution is 7.80. The van der Waals surface area contributed by atoms with Crippen LogP contribution in [-0.4, -0.2) is 16.9 Å². The van der Waals surface area contributed by atoms with E-state index >= 15 is 0 Å². The molecular weight excluding hydrogens is 336 g/mol. The lowest BCUT2D eigenvalue weighted by Gasteiger charge is -2.12. The van der Waals surface area contributed by atoms with E-state index < -0.39 is 11.8 Å². The SMILES string of the molecule is Cc1ccc(NC(=O)C(=O)NNC(=S)Nc2cc(C)cc(C)c2)cc1. The molecule has 2 rings (SSSR count). The maximum absolute atomic E-state index is 11.8. The first-order chi connectivity index (χ1) is 11.8. The van der Waals surface area contributed by atoms with Gasteiger partial charge in [-0.3, -0.25) is 20.4 Å². The van der Waals surface area contributed by atoms with E-state index in [2.05, 4.69) is 21.5 Å². The van der Waals surface area contributed by atoms with Gasteiger partial charge >= 0.3 is 11.8 Å². The molecule has 0 saturated heterocycles. The molecule has 6 nitrogen and oxygen atoms in total. The zero-order valence-corrected chi connectivity index (χ0v) is 15.1. The summed E-state index contributed by atoms with van der Waals surface area (Å²) in [6.45, 7) is 5.89. The minimum Gasteiger partial charge on any atom is -0.331 e. The Hall–Kier alpha value is -2.93. The Morgan fingerprint density at radius 1 is 0.720 bits per heavy atom. The highest BCUT2D eigenvalue weighted by Crippen LogP contribution is 2.13. The van der Waals surface area contributed by atoms with Gasteiger partial charge in [0.05, 0.1) is 0 Å². The van der Waals surface area contributed by atoms with Crippen LogP contribution >= 0.6 is 12.2 Å². The van der Waals surface area contributed by atoms with Crippen molar-refractivity contribution < 1.29 is 9.59 Å². The van der Waals surface area contributed by atoms with Gasteiger partial charge in [-0.15, -0.1) is 0 Å². The van der Waals surface area contributed by atoms with Gasteiger partial charge < -0.3 is 10.6 Å². The maximum atomic E-state index is 11.8. The maximum Gasteiger partial charge on any atom is 0.328 e. The summed E-state index contributed by atoms with van der Waals surface area (Å²) in [6, 6.07) is 13.0. The molecule has 0 radical (unpaired) electrons. The monoisotopic (exact) mass is 356 g/mol. The largest absolute Gasteiger partial charge is 0.331 e. The molecule has 2 aromatic carbocycles. The van der Waals surface area contributed by atoms with Gasteiger partial charge in [-0.05, 0) is 68.4 Å². The first kappa shape index (κ1) is 18.4. The van der Waals surface area contributed by atoms with E-state index in [1.165, 1.54) is 0 Å². The van der Waals surface area contributed by atoms with Crippen LogP contribution in [0.1, 0.15) is 16.7 Å². The molecule has 0 spiro atoms.